The molecular weight excluding hydrogens is 376 g/mol. The van der Waals surface area contributed by atoms with E-state index in [-0.39, 0.29) is 11.2 Å². The number of aromatic amines is 1. The summed E-state index contributed by atoms with van der Waals surface area (Å²) in [6.07, 6.45) is 1.06. The number of hydrogen-bond acceptors (Lipinski definition) is 4. The van der Waals surface area contributed by atoms with E-state index in [0.29, 0.717) is 24.2 Å². The molecule has 2 rings (SSSR count). The number of nitrogens with zero attached hydrogens (tertiary/aromatic N) is 1. The van der Waals surface area contributed by atoms with Gasteiger partial charge < -0.3 is 5.32 Å². The Morgan fingerprint density at radius 2 is 1.86 bits per heavy atom. The second kappa shape index (κ2) is 8.87. The number of hydrogen-bond donors (Lipinski definition) is 3. The third-order valence-corrected chi connectivity index (χ3v) is 5.69. The van der Waals surface area contributed by atoms with Crippen molar-refractivity contribution in [3.8, 4) is 0 Å². The Kier molecular flexibility index (Phi) is 7.01. The van der Waals surface area contributed by atoms with Crippen molar-refractivity contribution in [2.75, 3.05) is 5.32 Å². The van der Waals surface area contributed by atoms with Gasteiger partial charge in [-0.2, -0.15) is 5.10 Å². The van der Waals surface area contributed by atoms with E-state index in [1.54, 1.807) is 18.2 Å². The predicted molar refractivity (Wildman–Crippen MR) is 112 cm³/mol. The van der Waals surface area contributed by atoms with Crippen LogP contribution in [0.3, 0.4) is 0 Å². The molecule has 8 heteroatoms. The molecule has 1 atom stereocenters. The number of nitrogens with one attached hydrogen (secondary N) is 3. The zero-order valence-corrected chi connectivity index (χ0v) is 18.0. The average molecular weight is 407 g/mol. The number of aryl methyl sites for hydroxylation is 1. The fourth-order valence-electron chi connectivity index (χ4n) is 2.68. The Morgan fingerprint density at radius 3 is 2.39 bits per heavy atom. The van der Waals surface area contributed by atoms with Crippen molar-refractivity contribution >= 4 is 21.7 Å². The maximum absolute atomic E-state index is 12.6. The van der Waals surface area contributed by atoms with Crippen molar-refractivity contribution in [1.82, 2.24) is 14.9 Å². The molecule has 1 heterocycles. The first-order valence-corrected chi connectivity index (χ1v) is 11.1. The SMILES string of the molecule is CCCC(NS(=O)(=O)Cc1ccc(C)cc1)C(=O)Nc1cc(C(C)(C)C)[nH]n1. The summed E-state index contributed by atoms with van der Waals surface area (Å²) in [5, 5.41) is 9.71. The second-order valence-electron chi connectivity index (χ2n) is 8.11. The molecule has 0 radical (unpaired) electrons. The van der Waals surface area contributed by atoms with Crippen molar-refractivity contribution < 1.29 is 13.2 Å². The van der Waals surface area contributed by atoms with Gasteiger partial charge in [-0.1, -0.05) is 63.9 Å². The number of sulfonamides is 1. The fourth-order valence-corrected chi connectivity index (χ4v) is 4.05. The molecule has 0 fully saturated rings. The van der Waals surface area contributed by atoms with E-state index >= 15 is 0 Å². The molecule has 0 aliphatic carbocycles. The second-order valence-corrected chi connectivity index (χ2v) is 9.86. The summed E-state index contributed by atoms with van der Waals surface area (Å²) in [5.74, 6) is -0.202. The summed E-state index contributed by atoms with van der Waals surface area (Å²) in [5.41, 5.74) is 2.49. The maximum atomic E-state index is 12.6. The number of rotatable bonds is 8. The first kappa shape index (κ1) is 22.1. The van der Waals surface area contributed by atoms with E-state index in [1.807, 2.05) is 46.8 Å². The van der Waals surface area contributed by atoms with Gasteiger partial charge in [0.1, 0.15) is 6.04 Å². The largest absolute Gasteiger partial charge is 0.308 e. The number of benzene rings is 1. The standard InChI is InChI=1S/C20H30N4O3S/c1-6-7-16(19(25)21-18-12-17(22-23-18)20(3,4)5)24-28(26,27)13-15-10-8-14(2)9-11-15/h8-12,16,24H,6-7,13H2,1-5H3,(H2,21,22,23,25). The normalized spacial score (nSPS) is 13.3. The third kappa shape index (κ3) is 6.45. The molecule has 0 bridgehead atoms. The molecule has 0 aliphatic rings. The van der Waals surface area contributed by atoms with Crippen molar-refractivity contribution in [2.45, 2.75) is 64.7 Å². The van der Waals surface area contributed by atoms with Crippen LogP contribution in [0.4, 0.5) is 5.82 Å². The Balaban J connectivity index is 2.07. The lowest BCUT2D eigenvalue weighted by Crippen LogP contribution is -2.44. The van der Waals surface area contributed by atoms with Crippen LogP contribution in [-0.4, -0.2) is 30.6 Å². The highest BCUT2D eigenvalue weighted by atomic mass is 32.2. The summed E-state index contributed by atoms with van der Waals surface area (Å²) in [4.78, 5) is 12.6. The van der Waals surface area contributed by atoms with Gasteiger partial charge in [0.05, 0.1) is 5.75 Å². The molecule has 1 aromatic heterocycles. The Morgan fingerprint density at radius 1 is 1.21 bits per heavy atom. The summed E-state index contributed by atoms with van der Waals surface area (Å²) in [6.45, 7) is 9.95. The van der Waals surface area contributed by atoms with E-state index in [0.717, 1.165) is 11.3 Å². The van der Waals surface area contributed by atoms with Gasteiger partial charge in [-0.3, -0.25) is 9.89 Å². The minimum Gasteiger partial charge on any atom is -0.308 e. The number of anilines is 1. The molecule has 7 nitrogen and oxygen atoms in total. The molecule has 154 valence electrons. The van der Waals surface area contributed by atoms with E-state index in [2.05, 4.69) is 20.2 Å². The summed E-state index contributed by atoms with van der Waals surface area (Å²) in [7, 11) is -3.66. The van der Waals surface area contributed by atoms with Gasteiger partial charge in [-0.15, -0.1) is 0 Å². The van der Waals surface area contributed by atoms with Crippen LogP contribution in [0.2, 0.25) is 0 Å². The van der Waals surface area contributed by atoms with Crippen LogP contribution in [0.25, 0.3) is 0 Å². The van der Waals surface area contributed by atoms with Crippen LogP contribution in [0, 0.1) is 6.92 Å². The van der Waals surface area contributed by atoms with Gasteiger partial charge in [0, 0.05) is 17.2 Å². The van der Waals surface area contributed by atoms with Crippen molar-refractivity contribution in [3.63, 3.8) is 0 Å². The lowest BCUT2D eigenvalue weighted by Gasteiger charge is -2.17. The Hall–Kier alpha value is -2.19. The number of H-pyrrole nitrogens is 1. The zero-order valence-electron chi connectivity index (χ0n) is 17.2. The molecule has 28 heavy (non-hydrogen) atoms. The zero-order chi connectivity index (χ0) is 20.9. The molecule has 1 amide bonds. The van der Waals surface area contributed by atoms with Gasteiger partial charge in [0.2, 0.25) is 15.9 Å². The van der Waals surface area contributed by atoms with Crippen LogP contribution in [0.15, 0.2) is 30.3 Å². The topological polar surface area (TPSA) is 104 Å². The number of carbonyl (C=O) groups is 1. The molecule has 0 saturated carbocycles. The van der Waals surface area contributed by atoms with Gasteiger partial charge in [0.25, 0.3) is 0 Å². The van der Waals surface area contributed by atoms with Crippen molar-refractivity contribution in [3.05, 3.63) is 47.2 Å². The Bertz CT molecular complexity index is 896. The average Bonchev–Trinajstić information content (AvgIpc) is 3.05. The minimum atomic E-state index is -3.66. The molecule has 0 aliphatic heterocycles. The van der Waals surface area contributed by atoms with E-state index in [9.17, 15) is 13.2 Å². The highest BCUT2D eigenvalue weighted by Gasteiger charge is 2.25. The molecule has 0 saturated heterocycles. The minimum absolute atomic E-state index is 0.131. The molecule has 2 aromatic rings. The van der Waals surface area contributed by atoms with Gasteiger partial charge in [-0.25, -0.2) is 13.1 Å². The van der Waals surface area contributed by atoms with Crippen LogP contribution < -0.4 is 10.0 Å². The molecule has 3 N–H and O–H groups in total. The van der Waals surface area contributed by atoms with Gasteiger partial charge in [-0.05, 0) is 18.9 Å². The number of aromatic nitrogens is 2. The Labute approximate surface area is 167 Å². The highest BCUT2D eigenvalue weighted by Crippen LogP contribution is 2.22. The molecule has 1 unspecified atom stereocenters. The quantitative estimate of drug-likeness (QED) is 0.626. The van der Waals surface area contributed by atoms with Gasteiger partial charge in [0.15, 0.2) is 5.82 Å². The van der Waals surface area contributed by atoms with Crippen LogP contribution in [0.5, 0.6) is 0 Å². The fraction of sp³-hybridized carbons (Fsp3) is 0.500. The number of amides is 1. The van der Waals surface area contributed by atoms with E-state index < -0.39 is 22.0 Å². The number of carbonyl (C=O) groups excluding carboxylic acids is 1. The van der Waals surface area contributed by atoms with Crippen LogP contribution >= 0.6 is 0 Å². The summed E-state index contributed by atoms with van der Waals surface area (Å²) in [6, 6.07) is 8.20. The van der Waals surface area contributed by atoms with Crippen molar-refractivity contribution in [1.29, 1.82) is 0 Å². The summed E-state index contributed by atoms with van der Waals surface area (Å²) >= 11 is 0. The first-order valence-electron chi connectivity index (χ1n) is 9.42. The van der Waals surface area contributed by atoms with Crippen LogP contribution in [-0.2, 0) is 26.0 Å². The van der Waals surface area contributed by atoms with E-state index in [4.69, 9.17) is 0 Å². The smallest absolute Gasteiger partial charge is 0.243 e. The molecule has 0 spiro atoms. The highest BCUT2D eigenvalue weighted by molar-refractivity contribution is 7.88. The van der Waals surface area contributed by atoms with Crippen molar-refractivity contribution in [2.24, 2.45) is 0 Å². The third-order valence-electron chi connectivity index (χ3n) is 4.33. The lowest BCUT2D eigenvalue weighted by atomic mass is 9.92. The lowest BCUT2D eigenvalue weighted by molar-refractivity contribution is -0.117. The summed E-state index contributed by atoms with van der Waals surface area (Å²) < 4.78 is 27.6. The predicted octanol–water partition coefficient (Wildman–Crippen LogP) is 3.24. The maximum Gasteiger partial charge on any atom is 0.243 e. The molecule has 1 aromatic carbocycles. The first-order chi connectivity index (χ1) is 13.0. The monoisotopic (exact) mass is 406 g/mol. The van der Waals surface area contributed by atoms with E-state index in [1.165, 1.54) is 0 Å². The molecular formula is C20H30N4O3S. The van der Waals surface area contributed by atoms with Crippen LogP contribution in [0.1, 0.15) is 57.4 Å². The van der Waals surface area contributed by atoms with Gasteiger partial charge >= 0.3 is 0 Å².